The van der Waals surface area contributed by atoms with Crippen molar-refractivity contribution in [2.45, 2.75) is 26.8 Å². The zero-order chi connectivity index (χ0) is 22.5. The first-order valence-electron chi connectivity index (χ1n) is 10.4. The number of ether oxygens (including phenoxy) is 1. The summed E-state index contributed by atoms with van der Waals surface area (Å²) in [6.45, 7) is 3.99. The molecule has 1 aromatic heterocycles. The monoisotopic (exact) mass is 419 g/mol. The van der Waals surface area contributed by atoms with E-state index in [1.54, 1.807) is 11.9 Å². The van der Waals surface area contributed by atoms with Crippen molar-refractivity contribution in [3.8, 4) is 0 Å². The number of para-hydroxylation sites is 1. The second kappa shape index (κ2) is 9.60. The Balaban J connectivity index is 1.67. The quantitative estimate of drug-likeness (QED) is 0.542. The normalized spacial score (nSPS) is 10.7. The van der Waals surface area contributed by atoms with E-state index in [1.165, 1.54) is 0 Å². The lowest BCUT2D eigenvalue weighted by molar-refractivity contribution is -0.133. The van der Waals surface area contributed by atoms with Gasteiger partial charge in [-0.2, -0.15) is 0 Å². The van der Waals surface area contributed by atoms with Crippen LogP contribution in [-0.4, -0.2) is 49.5 Å². The number of fused-ring (bicyclic) bond motifs is 1. The van der Waals surface area contributed by atoms with Crippen LogP contribution in [0, 0.1) is 6.92 Å². The van der Waals surface area contributed by atoms with E-state index < -0.39 is 5.97 Å². The van der Waals surface area contributed by atoms with Crippen LogP contribution in [0.2, 0.25) is 0 Å². The van der Waals surface area contributed by atoms with E-state index in [2.05, 4.69) is 4.98 Å². The summed E-state index contributed by atoms with van der Waals surface area (Å²) in [5.74, 6) is -0.765. The number of pyridine rings is 1. The van der Waals surface area contributed by atoms with E-state index in [9.17, 15) is 9.59 Å². The molecule has 6 nitrogen and oxygen atoms in total. The molecular formula is C25H29N3O3. The van der Waals surface area contributed by atoms with Gasteiger partial charge < -0.3 is 14.5 Å². The van der Waals surface area contributed by atoms with E-state index in [0.717, 1.165) is 27.7 Å². The number of hydrogen-bond donors (Lipinski definition) is 0. The largest absolute Gasteiger partial charge is 0.452 e. The molecule has 0 fully saturated rings. The number of hydrogen-bond acceptors (Lipinski definition) is 5. The van der Waals surface area contributed by atoms with Crippen LogP contribution in [0.15, 0.2) is 48.5 Å². The number of anilines is 1. The maximum absolute atomic E-state index is 12.8. The molecule has 0 saturated heterocycles. The Morgan fingerprint density at radius 2 is 1.68 bits per heavy atom. The second-order valence-electron chi connectivity index (χ2n) is 7.82. The van der Waals surface area contributed by atoms with Crippen LogP contribution in [0.1, 0.15) is 34.1 Å². The maximum atomic E-state index is 12.8. The lowest BCUT2D eigenvalue weighted by Crippen LogP contribution is -2.31. The van der Waals surface area contributed by atoms with E-state index >= 15 is 0 Å². The smallest absolute Gasteiger partial charge is 0.340 e. The van der Waals surface area contributed by atoms with Crippen molar-refractivity contribution in [3.05, 3.63) is 70.9 Å². The molecule has 1 heterocycles. The second-order valence-corrected chi connectivity index (χ2v) is 7.82. The highest BCUT2D eigenvalue weighted by Crippen LogP contribution is 2.24. The number of carbonyl (C=O) groups is 2. The number of aromatic nitrogens is 1. The predicted octanol–water partition coefficient (Wildman–Crippen LogP) is 3.99. The lowest BCUT2D eigenvalue weighted by Gasteiger charge is -2.19. The molecule has 0 radical (unpaired) electrons. The minimum absolute atomic E-state index is 0.255. The molecule has 3 aromatic rings. The van der Waals surface area contributed by atoms with Crippen molar-refractivity contribution in [2.24, 2.45) is 0 Å². The third-order valence-corrected chi connectivity index (χ3v) is 5.39. The topological polar surface area (TPSA) is 62.7 Å². The Hall–Kier alpha value is -3.41. The minimum Gasteiger partial charge on any atom is -0.452 e. The van der Waals surface area contributed by atoms with Gasteiger partial charge in [0.1, 0.15) is 0 Å². The number of carbonyl (C=O) groups excluding carboxylic acids is 2. The van der Waals surface area contributed by atoms with Crippen LogP contribution in [0.5, 0.6) is 0 Å². The minimum atomic E-state index is -0.510. The Morgan fingerprint density at radius 3 is 2.32 bits per heavy atom. The first-order valence-corrected chi connectivity index (χ1v) is 10.4. The molecule has 1 amide bonds. The molecule has 0 saturated carbocycles. The summed E-state index contributed by atoms with van der Waals surface area (Å²) in [7, 11) is 5.67. The SMILES string of the molecule is CCc1nc2ccccc2c(C)c1C(=O)OCC(=O)N(C)Cc1ccc(N(C)C)cc1. The molecule has 6 heteroatoms. The predicted molar refractivity (Wildman–Crippen MR) is 123 cm³/mol. The van der Waals surface area contributed by atoms with Gasteiger partial charge in [0.15, 0.2) is 6.61 Å². The highest BCUT2D eigenvalue weighted by atomic mass is 16.5. The van der Waals surface area contributed by atoms with Crippen LogP contribution in [-0.2, 0) is 22.5 Å². The number of aryl methyl sites for hydroxylation is 2. The van der Waals surface area contributed by atoms with Crippen molar-refractivity contribution in [1.29, 1.82) is 0 Å². The number of rotatable bonds is 7. The molecule has 0 aliphatic rings. The Morgan fingerprint density at radius 1 is 1.00 bits per heavy atom. The average Bonchev–Trinajstić information content (AvgIpc) is 2.77. The van der Waals surface area contributed by atoms with Crippen molar-refractivity contribution in [1.82, 2.24) is 9.88 Å². The summed E-state index contributed by atoms with van der Waals surface area (Å²) >= 11 is 0. The Labute approximate surface area is 183 Å². The summed E-state index contributed by atoms with van der Waals surface area (Å²) in [4.78, 5) is 33.6. The van der Waals surface area contributed by atoms with Gasteiger partial charge in [-0.15, -0.1) is 0 Å². The zero-order valence-electron chi connectivity index (χ0n) is 18.8. The Bertz CT molecular complexity index is 1090. The summed E-state index contributed by atoms with van der Waals surface area (Å²) in [5.41, 5.74) is 4.92. The van der Waals surface area contributed by atoms with Gasteiger partial charge in [0.05, 0.1) is 16.8 Å². The van der Waals surface area contributed by atoms with Gasteiger partial charge in [0, 0.05) is 38.8 Å². The number of nitrogens with zero attached hydrogens (tertiary/aromatic N) is 3. The number of benzene rings is 2. The maximum Gasteiger partial charge on any atom is 0.340 e. The zero-order valence-corrected chi connectivity index (χ0v) is 18.8. The fourth-order valence-corrected chi connectivity index (χ4v) is 3.54. The van der Waals surface area contributed by atoms with Crippen LogP contribution in [0.4, 0.5) is 5.69 Å². The van der Waals surface area contributed by atoms with Crippen LogP contribution < -0.4 is 4.90 Å². The van der Waals surface area contributed by atoms with Gasteiger partial charge in [-0.1, -0.05) is 37.3 Å². The number of likely N-dealkylation sites (N-methyl/N-ethyl adjacent to an activating group) is 1. The highest BCUT2D eigenvalue weighted by Gasteiger charge is 2.21. The molecule has 2 aromatic carbocycles. The van der Waals surface area contributed by atoms with Gasteiger partial charge in [-0.3, -0.25) is 9.78 Å². The molecule has 0 spiro atoms. The molecule has 0 atom stereocenters. The lowest BCUT2D eigenvalue weighted by atomic mass is 10.0. The number of esters is 1. The van der Waals surface area contributed by atoms with Crippen molar-refractivity contribution in [3.63, 3.8) is 0 Å². The first-order chi connectivity index (χ1) is 14.8. The van der Waals surface area contributed by atoms with E-state index in [4.69, 9.17) is 4.74 Å². The van der Waals surface area contributed by atoms with Crippen molar-refractivity contribution < 1.29 is 14.3 Å². The van der Waals surface area contributed by atoms with Crippen LogP contribution >= 0.6 is 0 Å². The molecule has 0 N–H and O–H groups in total. The van der Waals surface area contributed by atoms with Gasteiger partial charge >= 0.3 is 5.97 Å². The van der Waals surface area contributed by atoms with E-state index in [0.29, 0.717) is 24.2 Å². The van der Waals surface area contributed by atoms with Crippen molar-refractivity contribution in [2.75, 3.05) is 32.6 Å². The fraction of sp³-hybridized carbons (Fsp3) is 0.320. The molecule has 3 rings (SSSR count). The van der Waals surface area contributed by atoms with E-state index in [1.807, 2.05) is 81.4 Å². The molecule has 0 unspecified atom stereocenters. The first kappa shape index (κ1) is 22.3. The van der Waals surface area contributed by atoms with Gasteiger partial charge in [0.2, 0.25) is 0 Å². The van der Waals surface area contributed by atoms with Crippen LogP contribution in [0.3, 0.4) is 0 Å². The molecule has 0 bridgehead atoms. The third-order valence-electron chi connectivity index (χ3n) is 5.39. The average molecular weight is 420 g/mol. The molecular weight excluding hydrogens is 390 g/mol. The van der Waals surface area contributed by atoms with E-state index in [-0.39, 0.29) is 12.5 Å². The summed E-state index contributed by atoms with van der Waals surface area (Å²) in [5, 5.41) is 0.913. The molecule has 31 heavy (non-hydrogen) atoms. The molecule has 0 aliphatic heterocycles. The summed E-state index contributed by atoms with van der Waals surface area (Å²) in [6.07, 6.45) is 0.604. The number of amides is 1. The molecule has 162 valence electrons. The summed E-state index contributed by atoms with van der Waals surface area (Å²) in [6, 6.07) is 15.7. The standard InChI is InChI=1S/C25H29N3O3/c1-6-21-24(17(2)20-9-7-8-10-22(20)26-21)25(30)31-16-23(29)28(5)15-18-11-13-19(14-12-18)27(3)4/h7-14H,6,15-16H2,1-5H3. The van der Waals surface area contributed by atoms with Gasteiger partial charge in [-0.25, -0.2) is 4.79 Å². The van der Waals surface area contributed by atoms with Crippen LogP contribution in [0.25, 0.3) is 10.9 Å². The van der Waals surface area contributed by atoms with Gasteiger partial charge in [0.25, 0.3) is 5.91 Å². The van der Waals surface area contributed by atoms with Crippen molar-refractivity contribution >= 4 is 28.5 Å². The summed E-state index contributed by atoms with van der Waals surface area (Å²) < 4.78 is 5.39. The molecule has 0 aliphatic carbocycles. The fourth-order valence-electron chi connectivity index (χ4n) is 3.54. The highest BCUT2D eigenvalue weighted by molar-refractivity contribution is 5.99. The third kappa shape index (κ3) is 5.02. The Kier molecular flexibility index (Phi) is 6.90. The van der Waals surface area contributed by atoms with Gasteiger partial charge in [-0.05, 0) is 42.7 Å².